The van der Waals surface area contributed by atoms with Crippen LogP contribution in [0.2, 0.25) is 5.02 Å². The van der Waals surface area contributed by atoms with Crippen molar-refractivity contribution in [1.82, 2.24) is 24.8 Å². The number of benzene rings is 1. The fourth-order valence-corrected chi connectivity index (χ4v) is 4.18. The zero-order valence-corrected chi connectivity index (χ0v) is 17.9. The molecule has 0 bridgehead atoms. The second kappa shape index (κ2) is 9.17. The quantitative estimate of drug-likeness (QED) is 0.593. The molecule has 3 heterocycles. The van der Waals surface area contributed by atoms with Crippen LogP contribution in [0.3, 0.4) is 0 Å². The van der Waals surface area contributed by atoms with Crippen LogP contribution in [0.15, 0.2) is 24.4 Å². The van der Waals surface area contributed by atoms with Gasteiger partial charge in [-0.2, -0.15) is 15.0 Å². The second-order valence-electron chi connectivity index (χ2n) is 6.84. The summed E-state index contributed by atoms with van der Waals surface area (Å²) >= 11 is 7.28. The Bertz CT molecular complexity index is 1030. The lowest BCUT2D eigenvalue weighted by Crippen LogP contribution is -2.47. The SMILES string of the molecule is Cc1nc(Nc2ncc(-c3ccc(F)c(Cl)c3)s2)nc(N2CCN(CCO)CC2)n1. The van der Waals surface area contributed by atoms with Gasteiger partial charge in [0, 0.05) is 38.9 Å². The third-order valence-corrected chi connectivity index (χ3v) is 5.99. The number of nitrogens with zero attached hydrogens (tertiary/aromatic N) is 6. The maximum Gasteiger partial charge on any atom is 0.234 e. The summed E-state index contributed by atoms with van der Waals surface area (Å²) in [4.78, 5) is 22.9. The molecule has 11 heteroatoms. The van der Waals surface area contributed by atoms with E-state index in [1.807, 2.05) is 6.92 Å². The number of aliphatic hydroxyl groups is 1. The molecule has 1 aliphatic heterocycles. The van der Waals surface area contributed by atoms with Crippen LogP contribution in [0.5, 0.6) is 0 Å². The Kier molecular flexibility index (Phi) is 6.38. The number of aryl methyl sites for hydroxylation is 1. The molecule has 2 N–H and O–H groups in total. The minimum Gasteiger partial charge on any atom is -0.395 e. The van der Waals surface area contributed by atoms with Gasteiger partial charge in [-0.05, 0) is 24.6 Å². The Hall–Kier alpha value is -2.40. The monoisotopic (exact) mass is 449 g/mol. The number of thiazole rings is 1. The van der Waals surface area contributed by atoms with Crippen LogP contribution in [0.1, 0.15) is 5.82 Å². The summed E-state index contributed by atoms with van der Waals surface area (Å²) in [7, 11) is 0. The van der Waals surface area contributed by atoms with Crippen molar-refractivity contribution >= 4 is 40.0 Å². The molecule has 8 nitrogen and oxygen atoms in total. The largest absolute Gasteiger partial charge is 0.395 e. The van der Waals surface area contributed by atoms with Crippen molar-refractivity contribution in [3.05, 3.63) is 41.1 Å². The number of rotatable bonds is 6. The van der Waals surface area contributed by atoms with Crippen LogP contribution in [-0.4, -0.2) is 69.3 Å². The topological polar surface area (TPSA) is 90.3 Å². The molecule has 0 spiro atoms. The summed E-state index contributed by atoms with van der Waals surface area (Å²) in [5.74, 6) is 1.21. The zero-order valence-electron chi connectivity index (χ0n) is 16.3. The van der Waals surface area contributed by atoms with Gasteiger partial charge in [-0.15, -0.1) is 0 Å². The average molecular weight is 450 g/mol. The molecule has 30 heavy (non-hydrogen) atoms. The molecule has 1 saturated heterocycles. The predicted molar refractivity (Wildman–Crippen MR) is 116 cm³/mol. The Morgan fingerprint density at radius 2 is 2.00 bits per heavy atom. The van der Waals surface area contributed by atoms with E-state index in [2.05, 4.69) is 35.1 Å². The number of aliphatic hydroxyl groups excluding tert-OH is 1. The van der Waals surface area contributed by atoms with Gasteiger partial charge in [-0.3, -0.25) is 10.2 Å². The lowest BCUT2D eigenvalue weighted by atomic mass is 10.2. The van der Waals surface area contributed by atoms with E-state index < -0.39 is 5.82 Å². The van der Waals surface area contributed by atoms with Crippen molar-refractivity contribution in [2.24, 2.45) is 0 Å². The van der Waals surface area contributed by atoms with Gasteiger partial charge in [0.1, 0.15) is 11.6 Å². The lowest BCUT2D eigenvalue weighted by molar-refractivity contribution is 0.188. The zero-order chi connectivity index (χ0) is 21.1. The highest BCUT2D eigenvalue weighted by molar-refractivity contribution is 7.18. The van der Waals surface area contributed by atoms with Crippen molar-refractivity contribution in [3.8, 4) is 10.4 Å². The molecular formula is C19H21ClFN7OS. The Morgan fingerprint density at radius 3 is 2.73 bits per heavy atom. The number of β-amino-alcohol motifs (C(OH)–C–C–N with tert-alkyl or cyclic N) is 1. The van der Waals surface area contributed by atoms with Gasteiger partial charge in [-0.1, -0.05) is 29.0 Å². The molecule has 0 atom stereocenters. The number of piperazine rings is 1. The number of hydrogen-bond donors (Lipinski definition) is 2. The van der Waals surface area contributed by atoms with Crippen LogP contribution >= 0.6 is 22.9 Å². The Labute approximate surface area is 182 Å². The Morgan fingerprint density at radius 1 is 1.20 bits per heavy atom. The fourth-order valence-electron chi connectivity index (χ4n) is 3.19. The molecule has 2 aromatic heterocycles. The molecule has 3 aromatic rings. The summed E-state index contributed by atoms with van der Waals surface area (Å²) in [5.41, 5.74) is 0.792. The summed E-state index contributed by atoms with van der Waals surface area (Å²) in [6, 6.07) is 4.59. The van der Waals surface area contributed by atoms with E-state index in [1.165, 1.54) is 17.4 Å². The number of halogens is 2. The highest BCUT2D eigenvalue weighted by Gasteiger charge is 2.20. The van der Waals surface area contributed by atoms with Crippen LogP contribution < -0.4 is 10.2 Å². The van der Waals surface area contributed by atoms with Crippen LogP contribution in [0.4, 0.5) is 21.4 Å². The van der Waals surface area contributed by atoms with Gasteiger partial charge in [0.15, 0.2) is 5.13 Å². The van der Waals surface area contributed by atoms with Gasteiger partial charge in [0.2, 0.25) is 11.9 Å². The summed E-state index contributed by atoms with van der Waals surface area (Å²) in [5, 5.41) is 12.9. The van der Waals surface area contributed by atoms with Crippen molar-refractivity contribution in [3.63, 3.8) is 0 Å². The predicted octanol–water partition coefficient (Wildman–Crippen LogP) is 2.95. The Balaban J connectivity index is 1.48. The molecule has 1 aromatic carbocycles. The lowest BCUT2D eigenvalue weighted by Gasteiger charge is -2.34. The first-order chi connectivity index (χ1) is 14.5. The van der Waals surface area contributed by atoms with Gasteiger partial charge >= 0.3 is 0 Å². The third kappa shape index (κ3) is 4.84. The summed E-state index contributed by atoms with van der Waals surface area (Å²) in [6.07, 6.45) is 1.70. The van der Waals surface area contributed by atoms with E-state index in [0.29, 0.717) is 29.4 Å². The number of hydrogen-bond acceptors (Lipinski definition) is 9. The van der Waals surface area contributed by atoms with Crippen LogP contribution in [-0.2, 0) is 0 Å². The van der Waals surface area contributed by atoms with Crippen LogP contribution in [0, 0.1) is 12.7 Å². The molecule has 0 saturated carbocycles. The van der Waals surface area contributed by atoms with E-state index in [-0.39, 0.29) is 11.6 Å². The van der Waals surface area contributed by atoms with Gasteiger partial charge < -0.3 is 10.0 Å². The van der Waals surface area contributed by atoms with Crippen molar-refractivity contribution in [1.29, 1.82) is 0 Å². The van der Waals surface area contributed by atoms with Crippen molar-refractivity contribution in [2.75, 3.05) is 49.5 Å². The average Bonchev–Trinajstić information content (AvgIpc) is 3.19. The maximum atomic E-state index is 13.4. The highest BCUT2D eigenvalue weighted by Crippen LogP contribution is 2.32. The van der Waals surface area contributed by atoms with Crippen molar-refractivity contribution in [2.45, 2.75) is 6.92 Å². The maximum absolute atomic E-state index is 13.4. The fraction of sp³-hybridized carbons (Fsp3) is 0.368. The third-order valence-electron chi connectivity index (χ3n) is 4.74. The van der Waals surface area contributed by atoms with Crippen LogP contribution in [0.25, 0.3) is 10.4 Å². The number of nitrogens with one attached hydrogen (secondary N) is 1. The first-order valence-electron chi connectivity index (χ1n) is 9.51. The van der Waals surface area contributed by atoms with E-state index in [1.54, 1.807) is 18.3 Å². The molecule has 0 aliphatic carbocycles. The van der Waals surface area contributed by atoms with E-state index in [4.69, 9.17) is 16.7 Å². The molecule has 1 fully saturated rings. The number of anilines is 3. The smallest absolute Gasteiger partial charge is 0.234 e. The van der Waals surface area contributed by atoms with Crippen molar-refractivity contribution < 1.29 is 9.50 Å². The molecule has 0 unspecified atom stereocenters. The molecule has 1 aliphatic rings. The molecule has 4 rings (SSSR count). The van der Waals surface area contributed by atoms with Gasteiger partial charge in [0.05, 0.1) is 16.5 Å². The van der Waals surface area contributed by atoms with Gasteiger partial charge in [0.25, 0.3) is 0 Å². The molecule has 0 radical (unpaired) electrons. The normalized spacial score (nSPS) is 14.9. The van der Waals surface area contributed by atoms with E-state index in [0.717, 1.165) is 36.6 Å². The summed E-state index contributed by atoms with van der Waals surface area (Å²) < 4.78 is 13.4. The second-order valence-corrected chi connectivity index (χ2v) is 8.28. The van der Waals surface area contributed by atoms with E-state index in [9.17, 15) is 4.39 Å². The number of aromatic nitrogens is 4. The molecular weight excluding hydrogens is 429 g/mol. The van der Waals surface area contributed by atoms with Gasteiger partial charge in [-0.25, -0.2) is 9.37 Å². The standard InChI is InChI=1S/C19H21ClFN7OS/c1-12-23-17(25-18(24-12)28-6-4-27(5-7-28)8-9-29)26-19-22-11-16(30-19)13-2-3-15(21)14(20)10-13/h2-3,10-11,29H,4-9H2,1H3,(H,22,23,24,25,26). The first kappa shape index (κ1) is 20.9. The molecule has 0 amide bonds. The molecule has 158 valence electrons. The first-order valence-corrected chi connectivity index (χ1v) is 10.7. The minimum absolute atomic E-state index is 0.0761. The highest BCUT2D eigenvalue weighted by atomic mass is 35.5. The minimum atomic E-state index is -0.450. The summed E-state index contributed by atoms with van der Waals surface area (Å²) in [6.45, 7) is 5.95. The van der Waals surface area contributed by atoms with E-state index >= 15 is 0 Å².